The fourth-order valence-electron chi connectivity index (χ4n) is 2.58. The normalized spacial score (nSPS) is 10.8. The molecule has 8 heteroatoms. The molecule has 3 aromatic rings. The molecule has 0 N–H and O–H groups in total. The molecule has 3 rings (SSSR count). The third-order valence-corrected chi connectivity index (χ3v) is 4.79. The van der Waals surface area contributed by atoms with Crippen molar-refractivity contribution >= 4 is 37.8 Å². The molecule has 4 nitrogen and oxygen atoms in total. The Morgan fingerprint density at radius 1 is 1.00 bits per heavy atom. The highest BCUT2D eigenvalue weighted by molar-refractivity contribution is 9.10. The second-order valence-electron chi connectivity index (χ2n) is 5.65. The minimum absolute atomic E-state index is 0.00511. The van der Waals surface area contributed by atoms with Crippen LogP contribution in [0.4, 0.5) is 8.78 Å². The van der Waals surface area contributed by atoms with E-state index in [2.05, 4.69) is 31.9 Å². The predicted molar refractivity (Wildman–Crippen MR) is 107 cm³/mol. The minimum atomic E-state index is -0.948. The van der Waals surface area contributed by atoms with E-state index < -0.39 is 28.6 Å². The summed E-state index contributed by atoms with van der Waals surface area (Å²) >= 11 is 6.30. The summed E-state index contributed by atoms with van der Waals surface area (Å²) in [5, 5.41) is 0. The molecule has 0 unspecified atom stereocenters. The van der Waals surface area contributed by atoms with Crippen LogP contribution in [0.25, 0.3) is 22.6 Å². The summed E-state index contributed by atoms with van der Waals surface area (Å²) in [6, 6.07) is 9.20. The van der Waals surface area contributed by atoms with E-state index in [0.29, 0.717) is 8.95 Å². The molecule has 0 aliphatic carbocycles. The zero-order chi connectivity index (χ0) is 20.4. The summed E-state index contributed by atoms with van der Waals surface area (Å²) in [6.07, 6.45) is 0. The van der Waals surface area contributed by atoms with Gasteiger partial charge in [-0.1, -0.05) is 31.9 Å². The molecule has 0 spiro atoms. The van der Waals surface area contributed by atoms with Gasteiger partial charge in [-0.15, -0.1) is 0 Å². The van der Waals surface area contributed by atoms with Crippen LogP contribution in [0.5, 0.6) is 0 Å². The largest absolute Gasteiger partial charge is 0.462 e. The monoisotopic (exact) mass is 512 g/mol. The molecule has 0 aliphatic rings. The molecule has 0 fully saturated rings. The number of esters is 1. The van der Waals surface area contributed by atoms with E-state index in [4.69, 9.17) is 9.15 Å². The van der Waals surface area contributed by atoms with Gasteiger partial charge in [-0.25, -0.2) is 13.6 Å². The lowest BCUT2D eigenvalue weighted by Gasteiger charge is -2.11. The van der Waals surface area contributed by atoms with Crippen LogP contribution in [-0.2, 0) is 4.74 Å². The Bertz CT molecular complexity index is 1130. The van der Waals surface area contributed by atoms with Gasteiger partial charge in [0.05, 0.1) is 17.7 Å². The molecule has 0 amide bonds. The van der Waals surface area contributed by atoms with Crippen LogP contribution in [0.2, 0.25) is 0 Å². The Labute approximate surface area is 175 Å². The van der Waals surface area contributed by atoms with E-state index in [1.807, 2.05) is 0 Å². The van der Waals surface area contributed by atoms with Gasteiger partial charge in [0.1, 0.15) is 17.4 Å². The van der Waals surface area contributed by atoms with Gasteiger partial charge in [0, 0.05) is 15.0 Å². The molecule has 144 valence electrons. The van der Waals surface area contributed by atoms with Gasteiger partial charge in [0.15, 0.2) is 11.3 Å². The lowest BCUT2D eigenvalue weighted by molar-refractivity contribution is 0.0523. The molecule has 0 bridgehead atoms. The molecule has 0 saturated heterocycles. The maximum absolute atomic E-state index is 14.5. The first-order valence-corrected chi connectivity index (χ1v) is 9.66. The SMILES string of the molecule is CCOC(=O)c1c(-c2ccc(Br)cc2F)oc(-c2ccc(Br)cc2F)cc1=O. The fraction of sp³-hybridized carbons (Fsp3) is 0.100. The van der Waals surface area contributed by atoms with Gasteiger partial charge >= 0.3 is 5.97 Å². The smallest absolute Gasteiger partial charge is 0.346 e. The summed E-state index contributed by atoms with van der Waals surface area (Å²) in [7, 11) is 0. The Kier molecular flexibility index (Phi) is 6.10. The number of hydrogen-bond acceptors (Lipinski definition) is 4. The number of ether oxygens (including phenoxy) is 1. The second kappa shape index (κ2) is 8.36. The average molecular weight is 514 g/mol. The number of halogens is 4. The van der Waals surface area contributed by atoms with Crippen molar-refractivity contribution in [3.8, 4) is 22.6 Å². The van der Waals surface area contributed by atoms with Crippen molar-refractivity contribution < 1.29 is 22.7 Å². The third-order valence-electron chi connectivity index (χ3n) is 3.80. The van der Waals surface area contributed by atoms with Gasteiger partial charge < -0.3 is 9.15 Å². The van der Waals surface area contributed by atoms with Gasteiger partial charge in [-0.2, -0.15) is 0 Å². The Morgan fingerprint density at radius 3 is 2.11 bits per heavy atom. The van der Waals surface area contributed by atoms with Crippen LogP contribution >= 0.6 is 31.9 Å². The van der Waals surface area contributed by atoms with E-state index in [-0.39, 0.29) is 29.3 Å². The maximum atomic E-state index is 14.5. The topological polar surface area (TPSA) is 56.5 Å². The first-order valence-electron chi connectivity index (χ1n) is 8.08. The standard InChI is InChI=1S/C20H12Br2F2O4/c1-2-27-20(26)18-16(25)9-17(12-5-3-10(21)7-14(12)23)28-19(18)13-6-4-11(22)8-15(13)24/h3-9H,2H2,1H3. The maximum Gasteiger partial charge on any atom is 0.346 e. The number of benzene rings is 2. The molecule has 0 radical (unpaired) electrons. The summed E-state index contributed by atoms with van der Waals surface area (Å²) in [6.45, 7) is 1.59. The summed E-state index contributed by atoms with van der Waals surface area (Å²) in [4.78, 5) is 25.0. The van der Waals surface area contributed by atoms with Gasteiger partial charge in [-0.05, 0) is 43.3 Å². The van der Waals surface area contributed by atoms with Crippen LogP contribution in [0.3, 0.4) is 0 Å². The predicted octanol–water partition coefficient (Wildman–Crippen LogP) is 5.95. The fourth-order valence-corrected chi connectivity index (χ4v) is 3.24. The molecule has 1 heterocycles. The summed E-state index contributed by atoms with van der Waals surface area (Å²) in [5.74, 6) is -2.79. The highest BCUT2D eigenvalue weighted by Crippen LogP contribution is 2.32. The Morgan fingerprint density at radius 2 is 1.57 bits per heavy atom. The third kappa shape index (κ3) is 4.07. The molecular formula is C20H12Br2F2O4. The minimum Gasteiger partial charge on any atom is -0.462 e. The van der Waals surface area contributed by atoms with Crippen molar-refractivity contribution in [2.45, 2.75) is 6.92 Å². The first-order chi connectivity index (χ1) is 13.3. The van der Waals surface area contributed by atoms with Crippen LogP contribution in [0.1, 0.15) is 17.3 Å². The van der Waals surface area contributed by atoms with Crippen molar-refractivity contribution in [1.82, 2.24) is 0 Å². The number of carbonyl (C=O) groups is 1. The van der Waals surface area contributed by atoms with Crippen LogP contribution < -0.4 is 5.43 Å². The quantitative estimate of drug-likeness (QED) is 0.404. The Hall–Kier alpha value is -2.32. The molecule has 0 saturated carbocycles. The lowest BCUT2D eigenvalue weighted by Crippen LogP contribution is -2.19. The van der Waals surface area contributed by atoms with Crippen molar-refractivity contribution in [1.29, 1.82) is 0 Å². The average Bonchev–Trinajstić information content (AvgIpc) is 2.61. The van der Waals surface area contributed by atoms with E-state index >= 15 is 0 Å². The Balaban J connectivity index is 2.31. The van der Waals surface area contributed by atoms with Gasteiger partial charge in [0.25, 0.3) is 0 Å². The molecule has 2 aromatic carbocycles. The molecule has 0 aliphatic heterocycles. The van der Waals surface area contributed by atoms with E-state index in [1.54, 1.807) is 13.0 Å². The molecule has 28 heavy (non-hydrogen) atoms. The van der Waals surface area contributed by atoms with Crippen molar-refractivity contribution in [2.75, 3.05) is 6.61 Å². The zero-order valence-corrected chi connectivity index (χ0v) is 17.6. The van der Waals surface area contributed by atoms with Gasteiger partial charge in [0.2, 0.25) is 5.43 Å². The number of hydrogen-bond donors (Lipinski definition) is 0. The van der Waals surface area contributed by atoms with Crippen molar-refractivity contribution in [3.05, 3.63) is 78.8 Å². The highest BCUT2D eigenvalue weighted by atomic mass is 79.9. The number of rotatable bonds is 4. The van der Waals surface area contributed by atoms with E-state index in [0.717, 1.165) is 12.1 Å². The summed E-state index contributed by atoms with van der Waals surface area (Å²) in [5.41, 5.74) is -1.35. The van der Waals surface area contributed by atoms with E-state index in [9.17, 15) is 18.4 Å². The van der Waals surface area contributed by atoms with Crippen molar-refractivity contribution in [3.63, 3.8) is 0 Å². The van der Waals surface area contributed by atoms with Crippen LogP contribution in [0.15, 0.2) is 60.6 Å². The lowest BCUT2D eigenvalue weighted by atomic mass is 10.0. The van der Waals surface area contributed by atoms with Gasteiger partial charge in [-0.3, -0.25) is 4.79 Å². The molecule has 1 aromatic heterocycles. The zero-order valence-electron chi connectivity index (χ0n) is 14.4. The highest BCUT2D eigenvalue weighted by Gasteiger charge is 2.25. The summed E-state index contributed by atoms with van der Waals surface area (Å²) < 4.78 is 40.4. The molecule has 0 atom stereocenters. The molecular weight excluding hydrogens is 502 g/mol. The van der Waals surface area contributed by atoms with Crippen LogP contribution in [0, 0.1) is 11.6 Å². The van der Waals surface area contributed by atoms with Crippen molar-refractivity contribution in [2.24, 2.45) is 0 Å². The number of carbonyl (C=O) groups excluding carboxylic acids is 1. The van der Waals surface area contributed by atoms with Crippen LogP contribution in [-0.4, -0.2) is 12.6 Å². The van der Waals surface area contributed by atoms with E-state index in [1.165, 1.54) is 24.3 Å². The first kappa shape index (κ1) is 20.4. The second-order valence-corrected chi connectivity index (χ2v) is 7.48.